The maximum Gasteiger partial charge on any atom is 0.240 e. The van der Waals surface area contributed by atoms with E-state index in [2.05, 4.69) is 22.6 Å². The fraction of sp³-hybridized carbons (Fsp3) is 0.250. The lowest BCUT2D eigenvalue weighted by Gasteiger charge is -2.28. The second-order valence-electron chi connectivity index (χ2n) is 3.81. The van der Waals surface area contributed by atoms with Crippen molar-refractivity contribution in [1.29, 1.82) is 0 Å². The van der Waals surface area contributed by atoms with Crippen LogP contribution in [0.5, 0.6) is 0 Å². The molecule has 1 aromatic rings. The molecule has 0 aromatic heterocycles. The highest BCUT2D eigenvalue weighted by molar-refractivity contribution is 14.1. The van der Waals surface area contributed by atoms with Gasteiger partial charge in [-0.1, -0.05) is 51.9 Å². The van der Waals surface area contributed by atoms with Gasteiger partial charge in [-0.3, -0.25) is 4.79 Å². The Balaban J connectivity index is 2.43. The number of amides is 1. The van der Waals surface area contributed by atoms with E-state index in [9.17, 15) is 4.79 Å². The Morgan fingerprint density at radius 2 is 2.12 bits per heavy atom. The van der Waals surface area contributed by atoms with Crippen LogP contribution < -0.4 is 0 Å². The van der Waals surface area contributed by atoms with Crippen molar-refractivity contribution < 1.29 is 4.79 Å². The van der Waals surface area contributed by atoms with E-state index in [1.807, 2.05) is 12.1 Å². The van der Waals surface area contributed by atoms with E-state index >= 15 is 0 Å². The molecular formula is C12H10Cl2INO. The van der Waals surface area contributed by atoms with E-state index in [0.29, 0.717) is 10.0 Å². The minimum absolute atomic E-state index is 0.00688. The summed E-state index contributed by atoms with van der Waals surface area (Å²) in [5, 5.41) is 1.16. The number of halogens is 3. The summed E-state index contributed by atoms with van der Waals surface area (Å²) in [6.45, 7) is 0. The van der Waals surface area contributed by atoms with Crippen LogP contribution in [0.4, 0.5) is 0 Å². The van der Waals surface area contributed by atoms with Crippen LogP contribution in [0.15, 0.2) is 24.3 Å². The van der Waals surface area contributed by atoms with Crippen molar-refractivity contribution >= 4 is 57.4 Å². The number of hydrogen-bond acceptors (Lipinski definition) is 1. The molecule has 5 heteroatoms. The summed E-state index contributed by atoms with van der Waals surface area (Å²) in [4.78, 5) is 13.5. The van der Waals surface area contributed by atoms with Crippen LogP contribution in [0.1, 0.15) is 12.0 Å². The first kappa shape index (κ1) is 13.2. The molecular weight excluding hydrogens is 372 g/mol. The molecule has 0 fully saturated rings. The van der Waals surface area contributed by atoms with Gasteiger partial charge in [0.15, 0.2) is 0 Å². The fourth-order valence-electron chi connectivity index (χ4n) is 1.77. The monoisotopic (exact) mass is 381 g/mol. The number of nitrogens with zero attached hydrogens (tertiary/aromatic N) is 1. The quantitative estimate of drug-likeness (QED) is 0.531. The molecule has 0 N–H and O–H groups in total. The second kappa shape index (κ2) is 5.16. The lowest BCUT2D eigenvalue weighted by Crippen LogP contribution is -2.35. The van der Waals surface area contributed by atoms with Crippen molar-refractivity contribution in [3.8, 4) is 0 Å². The molecule has 1 amide bonds. The zero-order chi connectivity index (χ0) is 12.6. The SMILES string of the molecule is CN1C(=O)C(I)CC=C1c1ccc(Cl)cc1Cl. The molecule has 2 nitrogen and oxygen atoms in total. The van der Waals surface area contributed by atoms with E-state index in [0.717, 1.165) is 17.7 Å². The molecule has 90 valence electrons. The van der Waals surface area contributed by atoms with Crippen LogP contribution >= 0.6 is 45.8 Å². The molecule has 1 heterocycles. The van der Waals surface area contributed by atoms with E-state index < -0.39 is 0 Å². The summed E-state index contributed by atoms with van der Waals surface area (Å²) in [6.07, 6.45) is 2.77. The molecule has 0 spiro atoms. The fourth-order valence-corrected chi connectivity index (χ4v) is 2.95. The van der Waals surface area contributed by atoms with Crippen LogP contribution in [0.2, 0.25) is 10.0 Å². The number of carbonyl (C=O) groups is 1. The maximum absolute atomic E-state index is 11.9. The van der Waals surface area contributed by atoms with Gasteiger partial charge in [-0.05, 0) is 24.6 Å². The Bertz CT molecular complexity index is 501. The number of allylic oxidation sites excluding steroid dienone is 1. The number of benzene rings is 1. The first-order valence-electron chi connectivity index (χ1n) is 5.08. The molecule has 1 atom stereocenters. The lowest BCUT2D eigenvalue weighted by molar-refractivity contribution is -0.126. The smallest absolute Gasteiger partial charge is 0.240 e. The van der Waals surface area contributed by atoms with Crippen LogP contribution in [0, 0.1) is 0 Å². The van der Waals surface area contributed by atoms with Crippen LogP contribution in [0.25, 0.3) is 5.70 Å². The Morgan fingerprint density at radius 1 is 1.41 bits per heavy atom. The Kier molecular flexibility index (Phi) is 4.00. The van der Waals surface area contributed by atoms with Gasteiger partial charge in [0.05, 0.1) is 8.95 Å². The minimum Gasteiger partial charge on any atom is -0.314 e. The molecule has 17 heavy (non-hydrogen) atoms. The summed E-state index contributed by atoms with van der Waals surface area (Å²) >= 11 is 14.2. The van der Waals surface area contributed by atoms with Gasteiger partial charge < -0.3 is 4.90 Å². The highest BCUT2D eigenvalue weighted by Crippen LogP contribution is 2.32. The molecule has 1 unspecified atom stereocenters. The maximum atomic E-state index is 11.9. The molecule has 0 aliphatic carbocycles. The zero-order valence-electron chi connectivity index (χ0n) is 9.08. The van der Waals surface area contributed by atoms with Crippen molar-refractivity contribution in [2.24, 2.45) is 0 Å². The van der Waals surface area contributed by atoms with E-state index in [-0.39, 0.29) is 9.83 Å². The molecule has 0 bridgehead atoms. The number of alkyl halides is 1. The molecule has 0 radical (unpaired) electrons. The summed E-state index contributed by atoms with van der Waals surface area (Å²) < 4.78 is 0.00688. The van der Waals surface area contributed by atoms with Crippen LogP contribution in [-0.2, 0) is 4.79 Å². The Labute approximate surface area is 124 Å². The third kappa shape index (κ3) is 2.61. The zero-order valence-corrected chi connectivity index (χ0v) is 12.8. The molecule has 0 saturated heterocycles. The van der Waals surface area contributed by atoms with Crippen molar-refractivity contribution in [1.82, 2.24) is 4.90 Å². The van der Waals surface area contributed by atoms with Gasteiger partial charge in [0.25, 0.3) is 0 Å². The van der Waals surface area contributed by atoms with E-state index in [1.165, 1.54) is 0 Å². The third-order valence-corrected chi connectivity index (χ3v) is 4.27. The molecule has 0 saturated carbocycles. The van der Waals surface area contributed by atoms with Gasteiger partial charge in [0, 0.05) is 23.3 Å². The largest absolute Gasteiger partial charge is 0.314 e. The van der Waals surface area contributed by atoms with Gasteiger partial charge >= 0.3 is 0 Å². The summed E-state index contributed by atoms with van der Waals surface area (Å²) in [7, 11) is 1.77. The van der Waals surface area contributed by atoms with Gasteiger partial charge in [-0.25, -0.2) is 0 Å². The summed E-state index contributed by atoms with van der Waals surface area (Å²) in [5.74, 6) is 0.106. The van der Waals surface area contributed by atoms with E-state index in [1.54, 1.807) is 24.1 Å². The molecule has 1 aromatic carbocycles. The summed E-state index contributed by atoms with van der Waals surface area (Å²) in [6, 6.07) is 5.31. The number of rotatable bonds is 1. The molecule has 1 aliphatic heterocycles. The van der Waals surface area contributed by atoms with Crippen LogP contribution in [-0.4, -0.2) is 21.8 Å². The Hall–Kier alpha value is -0.260. The number of carbonyl (C=O) groups excluding carboxylic acids is 1. The Morgan fingerprint density at radius 3 is 2.76 bits per heavy atom. The normalized spacial score (nSPS) is 20.5. The lowest BCUT2D eigenvalue weighted by atomic mass is 10.1. The molecule has 1 aliphatic rings. The highest BCUT2D eigenvalue weighted by Gasteiger charge is 2.27. The second-order valence-corrected chi connectivity index (χ2v) is 6.16. The average Bonchev–Trinajstić information content (AvgIpc) is 2.28. The predicted molar refractivity (Wildman–Crippen MR) is 79.6 cm³/mol. The molecule has 2 rings (SSSR count). The van der Waals surface area contributed by atoms with Crippen molar-refractivity contribution in [2.75, 3.05) is 7.05 Å². The summed E-state index contributed by atoms with van der Waals surface area (Å²) in [5.41, 5.74) is 1.69. The first-order valence-corrected chi connectivity index (χ1v) is 7.08. The number of hydrogen-bond donors (Lipinski definition) is 0. The van der Waals surface area contributed by atoms with Gasteiger partial charge in [-0.2, -0.15) is 0 Å². The van der Waals surface area contributed by atoms with Crippen molar-refractivity contribution in [3.63, 3.8) is 0 Å². The topological polar surface area (TPSA) is 20.3 Å². The van der Waals surface area contributed by atoms with Crippen molar-refractivity contribution in [2.45, 2.75) is 10.3 Å². The van der Waals surface area contributed by atoms with Crippen LogP contribution in [0.3, 0.4) is 0 Å². The minimum atomic E-state index is 0.00688. The average molecular weight is 382 g/mol. The van der Waals surface area contributed by atoms with Gasteiger partial charge in [-0.15, -0.1) is 0 Å². The van der Waals surface area contributed by atoms with Gasteiger partial charge in [0.1, 0.15) is 0 Å². The van der Waals surface area contributed by atoms with Crippen molar-refractivity contribution in [3.05, 3.63) is 39.9 Å². The standard InChI is InChI=1S/C12H10Cl2INO/c1-16-11(5-4-10(15)12(16)17)8-3-2-7(13)6-9(8)14/h2-3,5-6,10H,4H2,1H3. The predicted octanol–water partition coefficient (Wildman–Crippen LogP) is 4.00. The third-order valence-electron chi connectivity index (χ3n) is 2.69. The van der Waals surface area contributed by atoms with E-state index in [4.69, 9.17) is 23.2 Å². The highest BCUT2D eigenvalue weighted by atomic mass is 127. The van der Waals surface area contributed by atoms with Gasteiger partial charge in [0.2, 0.25) is 5.91 Å². The first-order chi connectivity index (χ1) is 8.00.